The zero-order valence-corrected chi connectivity index (χ0v) is 22.3. The smallest absolute Gasteiger partial charge is 0.303 e. The predicted octanol–water partition coefficient (Wildman–Crippen LogP) is 5.47. The summed E-state index contributed by atoms with van der Waals surface area (Å²) in [6.45, 7) is 1.91. The van der Waals surface area contributed by atoms with Crippen molar-refractivity contribution in [3.8, 4) is 0 Å². The van der Waals surface area contributed by atoms with Gasteiger partial charge in [-0.2, -0.15) is 12.7 Å². The van der Waals surface area contributed by atoms with Gasteiger partial charge in [-0.1, -0.05) is 78.9 Å². The first kappa shape index (κ1) is 27.0. The molecular weight excluding hydrogens is 501 g/mol. The van der Waals surface area contributed by atoms with Crippen LogP contribution in [-0.4, -0.2) is 32.7 Å². The van der Waals surface area contributed by atoms with Gasteiger partial charge in [0.25, 0.3) is 5.91 Å². The fourth-order valence-electron chi connectivity index (χ4n) is 4.18. The Hall–Kier alpha value is -4.01. The van der Waals surface area contributed by atoms with Crippen LogP contribution < -0.4 is 9.62 Å². The highest BCUT2D eigenvalue weighted by atomic mass is 32.2. The summed E-state index contributed by atoms with van der Waals surface area (Å²) >= 11 is 0. The molecule has 4 rings (SSSR count). The predicted molar refractivity (Wildman–Crippen MR) is 149 cm³/mol. The molecule has 38 heavy (non-hydrogen) atoms. The number of hydrogen-bond donors (Lipinski definition) is 1. The Morgan fingerprint density at radius 2 is 1.45 bits per heavy atom. The molecule has 1 atom stereocenters. The van der Waals surface area contributed by atoms with E-state index in [4.69, 9.17) is 0 Å². The molecule has 0 aromatic heterocycles. The van der Waals surface area contributed by atoms with Gasteiger partial charge in [0, 0.05) is 19.7 Å². The highest BCUT2D eigenvalue weighted by Gasteiger charge is 2.27. The Balaban J connectivity index is 1.59. The number of rotatable bonds is 9. The maximum Gasteiger partial charge on any atom is 0.303 e. The maximum atomic E-state index is 14.6. The Morgan fingerprint density at radius 1 is 0.842 bits per heavy atom. The summed E-state index contributed by atoms with van der Waals surface area (Å²) in [5.74, 6) is -0.905. The van der Waals surface area contributed by atoms with Gasteiger partial charge in [-0.15, -0.1) is 0 Å². The molecule has 0 unspecified atom stereocenters. The summed E-state index contributed by atoms with van der Waals surface area (Å²) in [6.07, 6.45) is 0. The first-order valence-electron chi connectivity index (χ1n) is 12.1. The summed E-state index contributed by atoms with van der Waals surface area (Å²) in [7, 11) is -1.18. The molecule has 6 nitrogen and oxygen atoms in total. The lowest BCUT2D eigenvalue weighted by Gasteiger charge is -2.28. The number of hydrogen-bond acceptors (Lipinski definition) is 3. The van der Waals surface area contributed by atoms with Crippen LogP contribution in [0.4, 0.5) is 10.1 Å². The lowest BCUT2D eigenvalue weighted by Crippen LogP contribution is -2.40. The fourth-order valence-corrected chi connectivity index (χ4v) is 5.28. The van der Waals surface area contributed by atoms with Crippen molar-refractivity contribution in [3.63, 3.8) is 0 Å². The van der Waals surface area contributed by atoms with Gasteiger partial charge in [-0.3, -0.25) is 9.10 Å². The highest BCUT2D eigenvalue weighted by molar-refractivity contribution is 7.90. The van der Waals surface area contributed by atoms with E-state index >= 15 is 0 Å². The zero-order valence-electron chi connectivity index (χ0n) is 21.5. The third kappa shape index (κ3) is 5.93. The monoisotopic (exact) mass is 531 g/mol. The molecule has 0 heterocycles. The van der Waals surface area contributed by atoms with Crippen molar-refractivity contribution in [1.82, 2.24) is 9.62 Å². The Labute approximate surface area is 223 Å². The van der Waals surface area contributed by atoms with Crippen LogP contribution in [0.15, 0.2) is 103 Å². The molecule has 0 aliphatic carbocycles. The molecule has 4 aromatic carbocycles. The Morgan fingerprint density at radius 3 is 2.08 bits per heavy atom. The van der Waals surface area contributed by atoms with E-state index < -0.39 is 16.0 Å². The molecule has 196 valence electrons. The molecule has 0 spiro atoms. The number of nitrogens with zero attached hydrogens (tertiary/aromatic N) is 2. The first-order valence-corrected chi connectivity index (χ1v) is 13.5. The van der Waals surface area contributed by atoms with Gasteiger partial charge in [-0.25, -0.2) is 4.39 Å². The van der Waals surface area contributed by atoms with Crippen LogP contribution in [0.2, 0.25) is 0 Å². The van der Waals surface area contributed by atoms with E-state index in [1.165, 1.54) is 32.3 Å². The molecule has 0 saturated heterocycles. The minimum Gasteiger partial charge on any atom is -0.341 e. The second kappa shape index (κ2) is 11.6. The Bertz CT molecular complexity index is 1510. The van der Waals surface area contributed by atoms with Gasteiger partial charge in [0.2, 0.25) is 0 Å². The van der Waals surface area contributed by atoms with Crippen LogP contribution in [0, 0.1) is 12.7 Å². The van der Waals surface area contributed by atoms with Gasteiger partial charge < -0.3 is 5.32 Å². The topological polar surface area (TPSA) is 69.7 Å². The standard InChI is InChI=1S/C30H30FN3O3S/c1-22-11-7-8-14-26(22)29(24-12-5-4-6-13-24)32-30(35)25-19-17-23(18-20-25)21-34(38(36,37)33(2)3)28-16-10-9-15-27(28)31/h4-20,29H,21H2,1-3H3,(H,32,35)/t29-/m1/s1. The summed E-state index contributed by atoms with van der Waals surface area (Å²) < 4.78 is 42.6. The molecule has 0 bridgehead atoms. The molecule has 0 aliphatic heterocycles. The van der Waals surface area contributed by atoms with Crippen LogP contribution >= 0.6 is 0 Å². The number of aryl methyl sites for hydroxylation is 1. The molecule has 8 heteroatoms. The average molecular weight is 532 g/mol. The number of anilines is 1. The summed E-state index contributed by atoms with van der Waals surface area (Å²) in [6, 6.07) is 29.7. The van der Waals surface area contributed by atoms with Crippen molar-refractivity contribution >= 4 is 21.8 Å². The van der Waals surface area contributed by atoms with Crippen molar-refractivity contribution in [2.45, 2.75) is 19.5 Å². The minimum absolute atomic E-state index is 0.0491. The molecule has 0 fully saturated rings. The van der Waals surface area contributed by atoms with E-state index in [0.29, 0.717) is 11.1 Å². The number of halogens is 1. The summed E-state index contributed by atoms with van der Waals surface area (Å²) in [5.41, 5.74) is 4.00. The van der Waals surface area contributed by atoms with Crippen molar-refractivity contribution < 1.29 is 17.6 Å². The highest BCUT2D eigenvalue weighted by Crippen LogP contribution is 2.27. The number of amides is 1. The van der Waals surface area contributed by atoms with Gasteiger partial charge in [-0.05, 0) is 53.4 Å². The number of benzene rings is 4. The molecule has 1 N–H and O–H groups in total. The Kier molecular flexibility index (Phi) is 8.24. The third-order valence-electron chi connectivity index (χ3n) is 6.31. The van der Waals surface area contributed by atoms with Crippen LogP contribution in [0.3, 0.4) is 0 Å². The van der Waals surface area contributed by atoms with E-state index in [1.54, 1.807) is 30.3 Å². The first-order chi connectivity index (χ1) is 18.2. The zero-order chi connectivity index (χ0) is 27.3. The maximum absolute atomic E-state index is 14.6. The van der Waals surface area contributed by atoms with Gasteiger partial charge in [0.1, 0.15) is 5.82 Å². The largest absolute Gasteiger partial charge is 0.341 e. The van der Waals surface area contributed by atoms with Crippen molar-refractivity contribution in [1.29, 1.82) is 0 Å². The summed E-state index contributed by atoms with van der Waals surface area (Å²) in [4.78, 5) is 13.3. The van der Waals surface area contributed by atoms with E-state index in [2.05, 4.69) is 5.32 Å². The second-order valence-electron chi connectivity index (χ2n) is 9.12. The fraction of sp³-hybridized carbons (Fsp3) is 0.167. The quantitative estimate of drug-likeness (QED) is 0.312. The van der Waals surface area contributed by atoms with Crippen LogP contribution in [0.25, 0.3) is 0 Å². The van der Waals surface area contributed by atoms with E-state index in [1.807, 2.05) is 61.5 Å². The normalized spacial score (nSPS) is 12.2. The molecule has 0 aliphatic rings. The van der Waals surface area contributed by atoms with Crippen LogP contribution in [0.5, 0.6) is 0 Å². The second-order valence-corrected chi connectivity index (χ2v) is 11.2. The molecule has 4 aromatic rings. The third-order valence-corrected chi connectivity index (χ3v) is 8.12. The number of para-hydroxylation sites is 1. The van der Waals surface area contributed by atoms with Crippen molar-refractivity contribution in [3.05, 3.63) is 137 Å². The van der Waals surface area contributed by atoms with Crippen molar-refractivity contribution in [2.24, 2.45) is 0 Å². The molecule has 1 amide bonds. The van der Waals surface area contributed by atoms with Gasteiger partial charge in [0.15, 0.2) is 0 Å². The van der Waals surface area contributed by atoms with E-state index in [0.717, 1.165) is 25.3 Å². The lowest BCUT2D eigenvalue weighted by atomic mass is 9.94. The van der Waals surface area contributed by atoms with Crippen LogP contribution in [0.1, 0.15) is 38.7 Å². The van der Waals surface area contributed by atoms with Gasteiger partial charge in [0.05, 0.1) is 18.3 Å². The minimum atomic E-state index is -3.97. The molecular formula is C30H30FN3O3S. The molecule has 0 radical (unpaired) electrons. The number of nitrogens with one attached hydrogen (secondary N) is 1. The SMILES string of the molecule is Cc1ccccc1[C@H](NC(=O)c1ccc(CN(c2ccccc2F)S(=O)(=O)N(C)C)cc1)c1ccccc1. The summed E-state index contributed by atoms with van der Waals surface area (Å²) in [5, 5.41) is 3.14. The van der Waals surface area contributed by atoms with Crippen molar-refractivity contribution in [2.75, 3.05) is 18.4 Å². The average Bonchev–Trinajstić information content (AvgIpc) is 2.92. The van der Waals surface area contributed by atoms with E-state index in [9.17, 15) is 17.6 Å². The lowest BCUT2D eigenvalue weighted by molar-refractivity contribution is 0.0943. The van der Waals surface area contributed by atoms with Gasteiger partial charge >= 0.3 is 10.2 Å². The number of carbonyl (C=O) groups excluding carboxylic acids is 1. The number of carbonyl (C=O) groups is 1. The molecule has 0 saturated carbocycles. The van der Waals surface area contributed by atoms with E-state index in [-0.39, 0.29) is 24.2 Å². The van der Waals surface area contributed by atoms with Crippen LogP contribution in [-0.2, 0) is 16.8 Å².